The summed E-state index contributed by atoms with van der Waals surface area (Å²) in [5.74, 6) is 2.34. The van der Waals surface area contributed by atoms with E-state index in [-0.39, 0.29) is 0 Å². The number of nitrogens with one attached hydrogen (secondary N) is 2. The molecule has 0 radical (unpaired) electrons. The van der Waals surface area contributed by atoms with Gasteiger partial charge < -0.3 is 25.3 Å². The first-order chi connectivity index (χ1) is 15.5. The highest BCUT2D eigenvalue weighted by Crippen LogP contribution is 2.34. The van der Waals surface area contributed by atoms with Crippen LogP contribution in [-0.2, 0) is 11.3 Å². The third-order valence-electron chi connectivity index (χ3n) is 5.35. The predicted molar refractivity (Wildman–Crippen MR) is 131 cm³/mol. The van der Waals surface area contributed by atoms with Crippen molar-refractivity contribution in [3.05, 3.63) is 58.1 Å². The minimum atomic E-state index is 0.602. The molecule has 2 aromatic carbocycles. The molecule has 0 saturated heterocycles. The van der Waals surface area contributed by atoms with E-state index in [0.29, 0.717) is 23.0 Å². The van der Waals surface area contributed by atoms with Gasteiger partial charge >= 0.3 is 0 Å². The summed E-state index contributed by atoms with van der Waals surface area (Å²) in [7, 11) is 4.61. The number of halogens is 1. The number of ether oxygens (including phenoxy) is 1. The van der Waals surface area contributed by atoms with Gasteiger partial charge in [0.15, 0.2) is 0 Å². The van der Waals surface area contributed by atoms with Gasteiger partial charge in [0.25, 0.3) is 0 Å². The van der Waals surface area contributed by atoms with Gasteiger partial charge in [-0.15, -0.1) is 0 Å². The van der Waals surface area contributed by atoms with Crippen molar-refractivity contribution in [2.75, 3.05) is 33.1 Å². The third kappa shape index (κ3) is 8.99. The fourth-order valence-corrected chi connectivity index (χ4v) is 3.89. The second-order valence-corrected chi connectivity index (χ2v) is 8.10. The number of aryl methyl sites for hydroxylation is 1. The Morgan fingerprint density at radius 3 is 2.41 bits per heavy atom. The summed E-state index contributed by atoms with van der Waals surface area (Å²) in [5, 5.41) is 14.1. The van der Waals surface area contributed by atoms with Crippen molar-refractivity contribution < 1.29 is 19.4 Å². The first-order valence-electron chi connectivity index (χ1n) is 10.7. The quantitative estimate of drug-likeness (QED) is 0.475. The number of anilines is 1. The maximum atomic E-state index is 10.7. The number of carbonyl (C=O) groups is 2. The highest BCUT2D eigenvalue weighted by atomic mass is 35.5. The van der Waals surface area contributed by atoms with Crippen LogP contribution in [0.5, 0.6) is 5.75 Å². The van der Waals surface area contributed by atoms with Crippen LogP contribution in [0.4, 0.5) is 5.69 Å². The highest BCUT2D eigenvalue weighted by molar-refractivity contribution is 6.30. The van der Waals surface area contributed by atoms with Gasteiger partial charge in [-0.25, -0.2) is 0 Å². The molecule has 1 aliphatic carbocycles. The van der Waals surface area contributed by atoms with Gasteiger partial charge in [0.05, 0.1) is 7.11 Å². The van der Waals surface area contributed by atoms with E-state index in [1.807, 2.05) is 38.2 Å². The molecule has 0 spiro atoms. The zero-order chi connectivity index (χ0) is 23.9. The zero-order valence-corrected chi connectivity index (χ0v) is 20.1. The summed E-state index contributed by atoms with van der Waals surface area (Å²) in [5.41, 5.74) is 3.67. The smallest absolute Gasteiger partial charge is 0.150 e. The van der Waals surface area contributed by atoms with E-state index >= 15 is 0 Å². The van der Waals surface area contributed by atoms with Crippen molar-refractivity contribution in [2.45, 2.75) is 32.7 Å². The molecule has 0 amide bonds. The number of aldehydes is 2. The fourth-order valence-electron chi connectivity index (χ4n) is 3.69. The Bertz CT molecular complexity index is 839. The van der Waals surface area contributed by atoms with E-state index < -0.39 is 0 Å². The van der Waals surface area contributed by atoms with Crippen LogP contribution in [0.3, 0.4) is 0 Å². The van der Waals surface area contributed by atoms with E-state index in [2.05, 4.69) is 10.6 Å². The number of methoxy groups -OCH3 is 1. The molecule has 0 bridgehead atoms. The molecule has 3 rings (SSSR count). The standard InChI is InChI=1S/C16H16ClNO2.C8H15NO.CH4O/c1-11-7-12(10-19)3-5-15(11)18-9-13-8-14(17)4-6-16(13)20-2;1-9-6-8-4-7(5-8)2-3-10;1-2/h3-8,10,18H,9H2,1-2H3;3,7-9H,2,4-6H2,1H3;2H,1H3. The number of rotatable bonds is 9. The molecule has 2 aromatic rings. The van der Waals surface area contributed by atoms with Crippen molar-refractivity contribution in [1.82, 2.24) is 5.32 Å². The van der Waals surface area contributed by atoms with Gasteiger partial charge in [-0.05, 0) is 87.2 Å². The Labute approximate surface area is 196 Å². The summed E-state index contributed by atoms with van der Waals surface area (Å²) in [6.07, 6.45) is 5.16. The van der Waals surface area contributed by atoms with E-state index in [9.17, 15) is 9.59 Å². The Morgan fingerprint density at radius 2 is 1.84 bits per heavy atom. The Hall–Kier alpha value is -2.41. The summed E-state index contributed by atoms with van der Waals surface area (Å²) in [6.45, 7) is 3.69. The summed E-state index contributed by atoms with van der Waals surface area (Å²) in [4.78, 5) is 20.8. The van der Waals surface area contributed by atoms with Crippen LogP contribution in [0.1, 0.15) is 40.7 Å². The second-order valence-electron chi connectivity index (χ2n) is 7.67. The van der Waals surface area contributed by atoms with E-state index in [1.165, 1.54) is 12.8 Å². The van der Waals surface area contributed by atoms with Gasteiger partial charge in [-0.3, -0.25) is 4.79 Å². The van der Waals surface area contributed by atoms with Crippen LogP contribution in [-0.4, -0.2) is 45.5 Å². The average Bonchev–Trinajstić information content (AvgIpc) is 2.79. The first-order valence-corrected chi connectivity index (χ1v) is 11.0. The van der Waals surface area contributed by atoms with Gasteiger partial charge in [-0.2, -0.15) is 0 Å². The van der Waals surface area contributed by atoms with Crippen molar-refractivity contribution in [3.63, 3.8) is 0 Å². The van der Waals surface area contributed by atoms with Crippen LogP contribution >= 0.6 is 11.6 Å². The van der Waals surface area contributed by atoms with Gasteiger partial charge in [0.2, 0.25) is 0 Å². The molecule has 0 aliphatic heterocycles. The molecule has 1 saturated carbocycles. The second kappa shape index (κ2) is 15.4. The Balaban J connectivity index is 0.000000358. The molecule has 0 unspecified atom stereocenters. The largest absolute Gasteiger partial charge is 0.496 e. The lowest BCUT2D eigenvalue weighted by Gasteiger charge is -2.33. The molecule has 176 valence electrons. The normalized spacial score (nSPS) is 16.3. The molecule has 3 N–H and O–H groups in total. The maximum absolute atomic E-state index is 10.7. The summed E-state index contributed by atoms with van der Waals surface area (Å²) >= 11 is 6.00. The van der Waals surface area contributed by atoms with Crippen LogP contribution in [0.25, 0.3) is 0 Å². The maximum Gasteiger partial charge on any atom is 0.150 e. The van der Waals surface area contributed by atoms with Crippen LogP contribution < -0.4 is 15.4 Å². The number of aliphatic hydroxyl groups excluding tert-OH is 1. The number of hydrogen-bond acceptors (Lipinski definition) is 6. The number of hydrogen-bond donors (Lipinski definition) is 3. The van der Waals surface area contributed by atoms with Crippen molar-refractivity contribution in [1.29, 1.82) is 0 Å². The van der Waals surface area contributed by atoms with E-state index in [1.54, 1.807) is 19.2 Å². The number of benzene rings is 2. The molecule has 0 heterocycles. The average molecular weight is 463 g/mol. The molecular formula is C25H35ClN2O4. The zero-order valence-electron chi connectivity index (χ0n) is 19.4. The molecule has 0 aromatic heterocycles. The van der Waals surface area contributed by atoms with Crippen LogP contribution in [0.2, 0.25) is 5.02 Å². The fraction of sp³-hybridized carbons (Fsp3) is 0.440. The molecule has 1 fully saturated rings. The summed E-state index contributed by atoms with van der Waals surface area (Å²) < 4.78 is 5.31. The monoisotopic (exact) mass is 462 g/mol. The molecular weight excluding hydrogens is 428 g/mol. The minimum absolute atomic E-state index is 0.602. The third-order valence-corrected chi connectivity index (χ3v) is 5.59. The Kier molecular flexibility index (Phi) is 13.3. The van der Waals surface area contributed by atoms with Crippen molar-refractivity contribution in [3.8, 4) is 5.75 Å². The number of aliphatic hydroxyl groups is 1. The lowest BCUT2D eigenvalue weighted by molar-refractivity contribution is -0.109. The van der Waals surface area contributed by atoms with Gasteiger partial charge in [0, 0.05) is 41.9 Å². The molecule has 0 atom stereocenters. The van der Waals surface area contributed by atoms with Gasteiger partial charge in [0.1, 0.15) is 18.3 Å². The Morgan fingerprint density at radius 1 is 1.12 bits per heavy atom. The van der Waals surface area contributed by atoms with E-state index in [0.717, 1.165) is 61.1 Å². The van der Waals surface area contributed by atoms with Crippen molar-refractivity contribution in [2.24, 2.45) is 11.8 Å². The SMILES string of the molecule is CNCC1CC(CC=O)C1.CO.COc1ccc(Cl)cc1CNc1ccc(C=O)cc1C. The highest BCUT2D eigenvalue weighted by Gasteiger charge is 2.27. The lowest BCUT2D eigenvalue weighted by Crippen LogP contribution is -2.31. The van der Waals surface area contributed by atoms with E-state index in [4.69, 9.17) is 21.4 Å². The molecule has 7 heteroatoms. The topological polar surface area (TPSA) is 87.7 Å². The summed E-state index contributed by atoms with van der Waals surface area (Å²) in [6, 6.07) is 11.1. The molecule has 32 heavy (non-hydrogen) atoms. The molecule has 6 nitrogen and oxygen atoms in total. The van der Waals surface area contributed by atoms with Crippen LogP contribution in [0.15, 0.2) is 36.4 Å². The van der Waals surface area contributed by atoms with Gasteiger partial charge in [-0.1, -0.05) is 11.6 Å². The number of carbonyl (C=O) groups excluding carboxylic acids is 2. The minimum Gasteiger partial charge on any atom is -0.496 e. The predicted octanol–water partition coefficient (Wildman–Crippen LogP) is 4.51. The molecule has 1 aliphatic rings. The first kappa shape index (κ1) is 27.6. The lowest BCUT2D eigenvalue weighted by atomic mass is 9.73. The van der Waals surface area contributed by atoms with Crippen molar-refractivity contribution >= 4 is 29.9 Å². The van der Waals surface area contributed by atoms with Crippen LogP contribution in [0, 0.1) is 18.8 Å².